The minimum Gasteiger partial charge on any atom is -0.244 e. The molecule has 0 unspecified atom stereocenters. The average molecular weight is 309 g/mol. The number of aromatic nitrogens is 5. The lowest BCUT2D eigenvalue weighted by Gasteiger charge is -2.00. The van der Waals surface area contributed by atoms with Crippen molar-refractivity contribution in [3.8, 4) is 17.1 Å². The fourth-order valence-electron chi connectivity index (χ4n) is 2.36. The number of nitrogens with zero attached hydrogens (tertiary/aromatic N) is 5. The standard InChI is InChI=1S/C16H9F2N5/c17-11-3-1-2-10(6-11)15-13-8-19-9-21-16(13)23(22-15)14-5-4-12(18)7-20-14/h1-9H. The molecule has 23 heavy (non-hydrogen) atoms. The van der Waals surface area contributed by atoms with Crippen molar-refractivity contribution in [1.82, 2.24) is 24.7 Å². The Morgan fingerprint density at radius 3 is 2.61 bits per heavy atom. The molecule has 3 heterocycles. The summed E-state index contributed by atoms with van der Waals surface area (Å²) in [6.45, 7) is 0. The molecule has 0 spiro atoms. The van der Waals surface area contributed by atoms with Crippen molar-refractivity contribution in [2.45, 2.75) is 0 Å². The fraction of sp³-hybridized carbons (Fsp3) is 0. The Hall–Kier alpha value is -3.22. The third-order valence-electron chi connectivity index (χ3n) is 3.37. The number of halogens is 2. The fourth-order valence-corrected chi connectivity index (χ4v) is 2.36. The molecule has 0 amide bonds. The van der Waals surface area contributed by atoms with E-state index in [1.807, 2.05) is 0 Å². The number of pyridine rings is 1. The summed E-state index contributed by atoms with van der Waals surface area (Å²) >= 11 is 0. The van der Waals surface area contributed by atoms with Crippen LogP contribution < -0.4 is 0 Å². The van der Waals surface area contributed by atoms with Crippen molar-refractivity contribution in [2.24, 2.45) is 0 Å². The van der Waals surface area contributed by atoms with Crippen molar-refractivity contribution in [3.05, 3.63) is 66.8 Å². The Morgan fingerprint density at radius 2 is 1.83 bits per heavy atom. The van der Waals surface area contributed by atoms with Crippen LogP contribution in [0.5, 0.6) is 0 Å². The monoisotopic (exact) mass is 309 g/mol. The van der Waals surface area contributed by atoms with E-state index in [4.69, 9.17) is 0 Å². The normalized spacial score (nSPS) is 11.0. The third-order valence-corrected chi connectivity index (χ3v) is 3.37. The van der Waals surface area contributed by atoms with E-state index in [1.165, 1.54) is 35.3 Å². The SMILES string of the molecule is Fc1ccc(-n2nc(-c3cccc(F)c3)c3cncnc32)nc1. The molecule has 5 nitrogen and oxygen atoms in total. The molecule has 0 fully saturated rings. The number of hydrogen-bond donors (Lipinski definition) is 0. The Balaban J connectivity index is 1.98. The van der Waals surface area contributed by atoms with Crippen LogP contribution in [-0.2, 0) is 0 Å². The van der Waals surface area contributed by atoms with Gasteiger partial charge >= 0.3 is 0 Å². The molecule has 0 aliphatic carbocycles. The van der Waals surface area contributed by atoms with Gasteiger partial charge < -0.3 is 0 Å². The highest BCUT2D eigenvalue weighted by Gasteiger charge is 2.15. The quantitative estimate of drug-likeness (QED) is 0.571. The van der Waals surface area contributed by atoms with Crippen LogP contribution in [0.15, 0.2) is 55.1 Å². The van der Waals surface area contributed by atoms with Crippen LogP contribution in [0.3, 0.4) is 0 Å². The predicted molar refractivity (Wildman–Crippen MR) is 79.8 cm³/mol. The van der Waals surface area contributed by atoms with Gasteiger partial charge in [0.2, 0.25) is 0 Å². The molecule has 0 radical (unpaired) electrons. The Morgan fingerprint density at radius 1 is 0.913 bits per heavy atom. The Kier molecular flexibility index (Phi) is 3.04. The molecule has 3 aromatic heterocycles. The zero-order valence-electron chi connectivity index (χ0n) is 11.7. The summed E-state index contributed by atoms with van der Waals surface area (Å²) in [5, 5.41) is 5.12. The van der Waals surface area contributed by atoms with Crippen LogP contribution in [0.2, 0.25) is 0 Å². The van der Waals surface area contributed by atoms with Crippen molar-refractivity contribution in [3.63, 3.8) is 0 Å². The van der Waals surface area contributed by atoms with Gasteiger partial charge in [-0.05, 0) is 24.3 Å². The van der Waals surface area contributed by atoms with Gasteiger partial charge in [0.25, 0.3) is 0 Å². The zero-order valence-corrected chi connectivity index (χ0v) is 11.7. The molecule has 1 aromatic carbocycles. The summed E-state index contributed by atoms with van der Waals surface area (Å²) in [5.74, 6) is -0.384. The van der Waals surface area contributed by atoms with E-state index in [2.05, 4.69) is 20.1 Å². The summed E-state index contributed by atoms with van der Waals surface area (Å²) in [6.07, 6.45) is 4.10. The van der Waals surface area contributed by atoms with Crippen molar-refractivity contribution in [1.29, 1.82) is 0 Å². The first kappa shape index (κ1) is 13.4. The van der Waals surface area contributed by atoms with Gasteiger partial charge in [0.1, 0.15) is 23.7 Å². The lowest BCUT2D eigenvalue weighted by Crippen LogP contribution is -2.00. The van der Waals surface area contributed by atoms with Crippen LogP contribution in [0.1, 0.15) is 0 Å². The summed E-state index contributed by atoms with van der Waals surface area (Å²) in [6, 6.07) is 8.89. The van der Waals surface area contributed by atoms with Gasteiger partial charge in [0.05, 0.1) is 11.6 Å². The second-order valence-corrected chi connectivity index (χ2v) is 4.87. The van der Waals surface area contributed by atoms with E-state index in [1.54, 1.807) is 18.3 Å². The lowest BCUT2D eigenvalue weighted by atomic mass is 10.1. The van der Waals surface area contributed by atoms with Gasteiger partial charge in [-0.15, -0.1) is 0 Å². The van der Waals surface area contributed by atoms with Crippen LogP contribution >= 0.6 is 0 Å². The van der Waals surface area contributed by atoms with Crippen molar-refractivity contribution < 1.29 is 8.78 Å². The molecular weight excluding hydrogens is 300 g/mol. The van der Waals surface area contributed by atoms with Crippen molar-refractivity contribution in [2.75, 3.05) is 0 Å². The van der Waals surface area contributed by atoms with Crippen molar-refractivity contribution >= 4 is 11.0 Å². The summed E-state index contributed by atoms with van der Waals surface area (Å²) in [4.78, 5) is 12.2. The van der Waals surface area contributed by atoms with Gasteiger partial charge in [0.15, 0.2) is 11.5 Å². The van der Waals surface area contributed by atoms with Gasteiger partial charge in [-0.25, -0.2) is 23.7 Å². The topological polar surface area (TPSA) is 56.5 Å². The molecule has 112 valence electrons. The van der Waals surface area contributed by atoms with Gasteiger partial charge in [-0.3, -0.25) is 0 Å². The van der Waals surface area contributed by atoms with E-state index in [0.29, 0.717) is 28.1 Å². The molecule has 7 heteroatoms. The average Bonchev–Trinajstić information content (AvgIpc) is 2.95. The minimum absolute atomic E-state index is 0.359. The molecule has 4 rings (SSSR count). The molecule has 0 aliphatic heterocycles. The molecule has 4 aromatic rings. The maximum atomic E-state index is 13.5. The maximum Gasteiger partial charge on any atom is 0.168 e. The molecular formula is C16H9F2N5. The second-order valence-electron chi connectivity index (χ2n) is 4.87. The summed E-state index contributed by atoms with van der Waals surface area (Å²) < 4.78 is 28.1. The summed E-state index contributed by atoms with van der Waals surface area (Å²) in [5.41, 5.74) is 1.65. The number of fused-ring (bicyclic) bond motifs is 1. The highest BCUT2D eigenvalue weighted by atomic mass is 19.1. The van der Waals surface area contributed by atoms with Crippen LogP contribution in [0.25, 0.3) is 28.1 Å². The highest BCUT2D eigenvalue weighted by molar-refractivity contribution is 5.91. The number of hydrogen-bond acceptors (Lipinski definition) is 4. The first-order valence-corrected chi connectivity index (χ1v) is 6.79. The van der Waals surface area contributed by atoms with Gasteiger partial charge in [0, 0.05) is 11.8 Å². The van der Waals surface area contributed by atoms with E-state index in [-0.39, 0.29) is 5.82 Å². The maximum absolute atomic E-state index is 13.5. The highest BCUT2D eigenvalue weighted by Crippen LogP contribution is 2.28. The van der Waals surface area contributed by atoms with Gasteiger partial charge in [-0.2, -0.15) is 9.78 Å². The first-order chi connectivity index (χ1) is 11.2. The number of rotatable bonds is 2. The van der Waals surface area contributed by atoms with E-state index < -0.39 is 5.82 Å². The summed E-state index contributed by atoms with van der Waals surface area (Å²) in [7, 11) is 0. The zero-order chi connectivity index (χ0) is 15.8. The van der Waals surface area contributed by atoms with Crippen LogP contribution in [0.4, 0.5) is 8.78 Å². The predicted octanol–water partition coefficient (Wildman–Crippen LogP) is 3.16. The van der Waals surface area contributed by atoms with Crippen LogP contribution in [0, 0.1) is 11.6 Å². The Labute approximate surface area is 129 Å². The largest absolute Gasteiger partial charge is 0.244 e. The molecule has 0 saturated heterocycles. The van der Waals surface area contributed by atoms with Crippen LogP contribution in [-0.4, -0.2) is 24.7 Å². The van der Waals surface area contributed by atoms with Gasteiger partial charge in [-0.1, -0.05) is 12.1 Å². The smallest absolute Gasteiger partial charge is 0.168 e. The Bertz CT molecular complexity index is 995. The first-order valence-electron chi connectivity index (χ1n) is 6.79. The molecule has 0 atom stereocenters. The molecule has 0 aliphatic rings. The van der Waals surface area contributed by atoms with E-state index in [9.17, 15) is 8.78 Å². The van der Waals surface area contributed by atoms with E-state index in [0.717, 1.165) is 6.20 Å². The minimum atomic E-state index is -0.440. The molecule has 0 bridgehead atoms. The third kappa shape index (κ3) is 2.32. The molecule has 0 N–H and O–H groups in total. The second kappa shape index (κ2) is 5.20. The van der Waals surface area contributed by atoms with E-state index >= 15 is 0 Å². The lowest BCUT2D eigenvalue weighted by molar-refractivity contribution is 0.619. The molecule has 0 saturated carbocycles. The number of benzene rings is 1.